The molecule has 1 aliphatic heterocycles. The second-order valence-electron chi connectivity index (χ2n) is 7.82. The van der Waals surface area contributed by atoms with Crippen molar-refractivity contribution in [3.8, 4) is 5.69 Å². The number of hydrogen-bond donors (Lipinski definition) is 2. The first-order chi connectivity index (χ1) is 15.7. The van der Waals surface area contributed by atoms with E-state index in [-0.39, 0.29) is 5.91 Å². The first kappa shape index (κ1) is 21.6. The molecule has 0 unspecified atom stereocenters. The Balaban J connectivity index is 1.29. The Bertz CT molecular complexity index is 1040. The molecule has 0 spiro atoms. The molecule has 1 saturated heterocycles. The zero-order chi connectivity index (χ0) is 22.2. The van der Waals surface area contributed by atoms with Gasteiger partial charge in [-0.2, -0.15) is 5.10 Å². The third-order valence-corrected chi connectivity index (χ3v) is 5.45. The van der Waals surface area contributed by atoms with Crippen LogP contribution in [-0.4, -0.2) is 41.3 Å². The summed E-state index contributed by atoms with van der Waals surface area (Å²) in [5, 5.41) is 11.2. The van der Waals surface area contributed by atoms with E-state index in [0.29, 0.717) is 13.0 Å². The largest absolute Gasteiger partial charge is 0.357 e. The van der Waals surface area contributed by atoms with Crippen molar-refractivity contribution in [2.75, 3.05) is 24.5 Å². The van der Waals surface area contributed by atoms with Crippen molar-refractivity contribution in [1.82, 2.24) is 20.4 Å². The third kappa shape index (κ3) is 5.55. The fraction of sp³-hybridized carbons (Fsp3) is 0.320. The molecule has 0 bridgehead atoms. The quantitative estimate of drug-likeness (QED) is 0.425. The van der Waals surface area contributed by atoms with Crippen LogP contribution < -0.4 is 15.5 Å². The van der Waals surface area contributed by atoms with Crippen molar-refractivity contribution in [2.45, 2.75) is 32.7 Å². The molecule has 2 aromatic carbocycles. The van der Waals surface area contributed by atoms with Crippen molar-refractivity contribution < 1.29 is 4.79 Å². The fourth-order valence-electron chi connectivity index (χ4n) is 3.75. The number of guanidine groups is 1. The molecular formula is C25H30N6O. The fourth-order valence-corrected chi connectivity index (χ4v) is 3.75. The lowest BCUT2D eigenvalue weighted by molar-refractivity contribution is -0.117. The van der Waals surface area contributed by atoms with Crippen molar-refractivity contribution in [2.24, 2.45) is 4.99 Å². The number of carbonyl (C=O) groups excluding carboxylic acids is 1. The number of aromatic nitrogens is 2. The Morgan fingerprint density at radius 2 is 1.84 bits per heavy atom. The molecule has 4 rings (SSSR count). The summed E-state index contributed by atoms with van der Waals surface area (Å²) >= 11 is 0. The first-order valence-electron chi connectivity index (χ1n) is 11.2. The first-order valence-corrected chi connectivity index (χ1v) is 11.2. The van der Waals surface area contributed by atoms with E-state index in [2.05, 4.69) is 28.9 Å². The van der Waals surface area contributed by atoms with E-state index in [1.54, 1.807) is 0 Å². The molecule has 0 aliphatic carbocycles. The molecule has 3 aromatic rings. The van der Waals surface area contributed by atoms with Gasteiger partial charge >= 0.3 is 0 Å². The Kier molecular flexibility index (Phi) is 7.17. The summed E-state index contributed by atoms with van der Waals surface area (Å²) in [5.74, 6) is 1.01. The molecule has 2 heterocycles. The van der Waals surface area contributed by atoms with Crippen LogP contribution in [0, 0.1) is 0 Å². The molecule has 1 fully saturated rings. The number of rotatable bonds is 8. The van der Waals surface area contributed by atoms with Gasteiger partial charge in [0, 0.05) is 37.9 Å². The highest BCUT2D eigenvalue weighted by Gasteiger charge is 2.21. The van der Waals surface area contributed by atoms with Crippen LogP contribution in [0.15, 0.2) is 72.0 Å². The topological polar surface area (TPSA) is 74.6 Å². The summed E-state index contributed by atoms with van der Waals surface area (Å²) in [6.07, 6.45) is 6.42. The number of hydrogen-bond acceptors (Lipinski definition) is 3. The minimum absolute atomic E-state index is 0.212. The lowest BCUT2D eigenvalue weighted by atomic mass is 10.2. The SMILES string of the molecule is CCNC(=NCc1ccc(N2CCCC2=O)cc1)NCCc1cnn(-c2ccccc2)c1. The monoisotopic (exact) mass is 430 g/mol. The van der Waals surface area contributed by atoms with Crippen molar-refractivity contribution in [1.29, 1.82) is 0 Å². The van der Waals surface area contributed by atoms with E-state index < -0.39 is 0 Å². The normalized spacial score (nSPS) is 14.1. The highest BCUT2D eigenvalue weighted by Crippen LogP contribution is 2.21. The summed E-state index contributed by atoms with van der Waals surface area (Å²) in [6, 6.07) is 18.2. The summed E-state index contributed by atoms with van der Waals surface area (Å²) in [4.78, 5) is 18.5. The average Bonchev–Trinajstić information content (AvgIpc) is 3.48. The minimum atomic E-state index is 0.212. The maximum absolute atomic E-state index is 11.9. The zero-order valence-electron chi connectivity index (χ0n) is 18.5. The van der Waals surface area contributed by atoms with Crippen LogP contribution in [0.5, 0.6) is 0 Å². The van der Waals surface area contributed by atoms with Crippen molar-refractivity contribution in [3.05, 3.63) is 78.1 Å². The van der Waals surface area contributed by atoms with E-state index in [1.165, 1.54) is 5.56 Å². The smallest absolute Gasteiger partial charge is 0.227 e. The predicted octanol–water partition coefficient (Wildman–Crippen LogP) is 3.30. The number of nitrogens with one attached hydrogen (secondary N) is 2. The van der Waals surface area contributed by atoms with Gasteiger partial charge in [0.15, 0.2) is 5.96 Å². The van der Waals surface area contributed by atoms with Crippen LogP contribution in [0.3, 0.4) is 0 Å². The number of carbonyl (C=O) groups is 1. The number of aliphatic imine (C=N–C) groups is 1. The second-order valence-corrected chi connectivity index (χ2v) is 7.82. The van der Waals surface area contributed by atoms with Gasteiger partial charge in [-0.3, -0.25) is 4.79 Å². The van der Waals surface area contributed by atoms with Gasteiger partial charge in [0.25, 0.3) is 0 Å². The Hall–Kier alpha value is -3.61. The summed E-state index contributed by atoms with van der Waals surface area (Å²) in [6.45, 7) is 5.02. The van der Waals surface area contributed by atoms with Crippen LogP contribution in [-0.2, 0) is 17.8 Å². The second kappa shape index (κ2) is 10.6. The van der Waals surface area contributed by atoms with E-state index in [4.69, 9.17) is 4.99 Å². The summed E-state index contributed by atoms with van der Waals surface area (Å²) in [7, 11) is 0. The Morgan fingerprint density at radius 1 is 1.03 bits per heavy atom. The number of benzene rings is 2. The molecule has 2 N–H and O–H groups in total. The maximum Gasteiger partial charge on any atom is 0.227 e. The molecule has 32 heavy (non-hydrogen) atoms. The van der Waals surface area contributed by atoms with Crippen LogP contribution >= 0.6 is 0 Å². The predicted molar refractivity (Wildman–Crippen MR) is 128 cm³/mol. The molecular weight excluding hydrogens is 400 g/mol. The highest BCUT2D eigenvalue weighted by atomic mass is 16.2. The van der Waals surface area contributed by atoms with Gasteiger partial charge in [0.1, 0.15) is 0 Å². The average molecular weight is 431 g/mol. The number of para-hydroxylation sites is 1. The minimum Gasteiger partial charge on any atom is -0.357 e. The molecule has 1 aromatic heterocycles. The maximum atomic E-state index is 11.9. The Morgan fingerprint density at radius 3 is 2.56 bits per heavy atom. The highest BCUT2D eigenvalue weighted by molar-refractivity contribution is 5.95. The number of amides is 1. The van der Waals surface area contributed by atoms with Crippen LogP contribution in [0.1, 0.15) is 30.9 Å². The number of nitrogens with zero attached hydrogens (tertiary/aromatic N) is 4. The summed E-state index contributed by atoms with van der Waals surface area (Å²) in [5.41, 5.74) is 4.31. The third-order valence-electron chi connectivity index (χ3n) is 5.45. The van der Waals surface area contributed by atoms with Crippen molar-refractivity contribution in [3.63, 3.8) is 0 Å². The molecule has 7 nitrogen and oxygen atoms in total. The zero-order valence-corrected chi connectivity index (χ0v) is 18.5. The summed E-state index contributed by atoms with van der Waals surface area (Å²) < 4.78 is 1.90. The van der Waals surface area contributed by atoms with Crippen LogP contribution in [0.25, 0.3) is 5.69 Å². The molecule has 0 atom stereocenters. The van der Waals surface area contributed by atoms with Gasteiger partial charge in [-0.15, -0.1) is 0 Å². The van der Waals surface area contributed by atoms with Gasteiger partial charge in [-0.25, -0.2) is 9.67 Å². The molecule has 0 radical (unpaired) electrons. The van der Waals surface area contributed by atoms with Gasteiger partial charge in [-0.1, -0.05) is 30.3 Å². The molecule has 7 heteroatoms. The van der Waals surface area contributed by atoms with E-state index in [9.17, 15) is 4.79 Å². The van der Waals surface area contributed by atoms with Gasteiger partial charge in [-0.05, 0) is 55.2 Å². The lowest BCUT2D eigenvalue weighted by Gasteiger charge is -2.16. The van der Waals surface area contributed by atoms with Crippen LogP contribution in [0.4, 0.5) is 5.69 Å². The van der Waals surface area contributed by atoms with Crippen LogP contribution in [0.2, 0.25) is 0 Å². The van der Waals surface area contributed by atoms with E-state index in [0.717, 1.165) is 55.4 Å². The standard InChI is InChI=1S/C25H30N6O/c1-2-26-25(27-15-14-21-18-29-31(19-21)23-7-4-3-5-8-23)28-17-20-10-12-22(13-11-20)30-16-6-9-24(30)32/h3-5,7-8,10-13,18-19H,2,6,9,14-17H2,1H3,(H2,26,27,28). The number of anilines is 1. The lowest BCUT2D eigenvalue weighted by Crippen LogP contribution is -2.38. The van der Waals surface area contributed by atoms with Gasteiger partial charge in [0.05, 0.1) is 18.4 Å². The Labute approximate surface area is 189 Å². The van der Waals surface area contributed by atoms with Gasteiger partial charge < -0.3 is 15.5 Å². The van der Waals surface area contributed by atoms with E-state index >= 15 is 0 Å². The van der Waals surface area contributed by atoms with E-state index in [1.807, 2.05) is 70.4 Å². The molecule has 1 aliphatic rings. The van der Waals surface area contributed by atoms with Gasteiger partial charge in [0.2, 0.25) is 5.91 Å². The molecule has 0 saturated carbocycles. The molecule has 166 valence electrons. The van der Waals surface area contributed by atoms with Crippen molar-refractivity contribution >= 4 is 17.6 Å². The molecule has 1 amide bonds.